The summed E-state index contributed by atoms with van der Waals surface area (Å²) in [5, 5.41) is 12.3. The lowest BCUT2D eigenvalue weighted by Gasteiger charge is -2.09. The molecule has 8 heteroatoms. The second-order valence-electron chi connectivity index (χ2n) is 4.38. The first-order chi connectivity index (χ1) is 10.1. The van der Waals surface area contributed by atoms with Crippen molar-refractivity contribution in [1.82, 2.24) is 20.2 Å². The van der Waals surface area contributed by atoms with Gasteiger partial charge < -0.3 is 11.5 Å². The van der Waals surface area contributed by atoms with E-state index in [1.54, 1.807) is 28.9 Å². The Morgan fingerprint density at radius 1 is 1.10 bits per heavy atom. The smallest absolute Gasteiger partial charge is 0.187 e. The van der Waals surface area contributed by atoms with E-state index in [9.17, 15) is 0 Å². The van der Waals surface area contributed by atoms with E-state index in [1.165, 1.54) is 0 Å². The third kappa shape index (κ3) is 2.57. The molecule has 0 atom stereocenters. The van der Waals surface area contributed by atoms with E-state index in [0.717, 1.165) is 11.3 Å². The third-order valence-corrected chi connectivity index (χ3v) is 4.24. The summed E-state index contributed by atoms with van der Waals surface area (Å²) in [5.74, 6) is 0.525. The summed E-state index contributed by atoms with van der Waals surface area (Å²) >= 11 is 9.55. The summed E-state index contributed by atoms with van der Waals surface area (Å²) in [6.07, 6.45) is 0. The number of nitrogens with zero attached hydrogens (tertiary/aromatic N) is 4. The lowest BCUT2D eigenvalue weighted by Crippen LogP contribution is -2.02. The SMILES string of the molecule is Nc1cc(N)cc(-c2nnnn2-c2cccc(Cl)c2Br)c1. The maximum Gasteiger partial charge on any atom is 0.187 e. The molecule has 0 aliphatic heterocycles. The number of halogens is 2. The van der Waals surface area contributed by atoms with Crippen LogP contribution in [0.1, 0.15) is 0 Å². The van der Waals surface area contributed by atoms with Gasteiger partial charge in [-0.2, -0.15) is 4.68 Å². The number of aromatic nitrogens is 4. The van der Waals surface area contributed by atoms with E-state index in [2.05, 4.69) is 31.5 Å². The van der Waals surface area contributed by atoms with Crippen LogP contribution in [0.2, 0.25) is 5.02 Å². The minimum Gasteiger partial charge on any atom is -0.399 e. The number of benzene rings is 2. The predicted molar refractivity (Wildman–Crippen MR) is 86.1 cm³/mol. The number of hydrogen-bond acceptors (Lipinski definition) is 5. The Bertz CT molecular complexity index is 796. The van der Waals surface area contributed by atoms with Crippen LogP contribution in [-0.4, -0.2) is 20.2 Å². The maximum atomic E-state index is 6.11. The fourth-order valence-corrected chi connectivity index (χ4v) is 2.59. The van der Waals surface area contributed by atoms with Gasteiger partial charge in [0.25, 0.3) is 0 Å². The van der Waals surface area contributed by atoms with Crippen LogP contribution >= 0.6 is 27.5 Å². The molecular formula is C13H10BrClN6. The molecule has 0 spiro atoms. The second-order valence-corrected chi connectivity index (χ2v) is 5.58. The van der Waals surface area contributed by atoms with Crippen molar-refractivity contribution in [2.24, 2.45) is 0 Å². The van der Waals surface area contributed by atoms with Crippen molar-refractivity contribution in [2.75, 3.05) is 11.5 Å². The second kappa shape index (κ2) is 5.34. The normalized spacial score (nSPS) is 10.8. The number of tetrazole rings is 1. The van der Waals surface area contributed by atoms with Crippen molar-refractivity contribution in [3.63, 3.8) is 0 Å². The lowest BCUT2D eigenvalue weighted by atomic mass is 10.1. The Kier molecular flexibility index (Phi) is 3.52. The highest BCUT2D eigenvalue weighted by Crippen LogP contribution is 2.31. The molecule has 6 nitrogen and oxygen atoms in total. The summed E-state index contributed by atoms with van der Waals surface area (Å²) in [6.45, 7) is 0. The standard InChI is InChI=1S/C13H10BrClN6/c14-12-10(15)2-1-3-11(12)21-13(18-19-20-21)7-4-8(16)6-9(17)5-7/h1-6H,16-17H2. The molecule has 3 aromatic rings. The average Bonchev–Trinajstić information content (AvgIpc) is 2.90. The maximum absolute atomic E-state index is 6.11. The van der Waals surface area contributed by atoms with Gasteiger partial charge in [-0.15, -0.1) is 5.10 Å². The van der Waals surface area contributed by atoms with Crippen LogP contribution in [0.3, 0.4) is 0 Å². The van der Waals surface area contributed by atoms with Crippen LogP contribution in [0, 0.1) is 0 Å². The first kappa shape index (κ1) is 13.8. The molecule has 0 amide bonds. The molecule has 4 N–H and O–H groups in total. The van der Waals surface area contributed by atoms with Crippen molar-refractivity contribution in [2.45, 2.75) is 0 Å². The number of rotatable bonds is 2. The Morgan fingerprint density at radius 3 is 2.52 bits per heavy atom. The molecule has 0 bridgehead atoms. The molecule has 0 aliphatic rings. The van der Waals surface area contributed by atoms with Crippen LogP contribution in [-0.2, 0) is 0 Å². The summed E-state index contributed by atoms with van der Waals surface area (Å²) in [7, 11) is 0. The highest BCUT2D eigenvalue weighted by Gasteiger charge is 2.15. The van der Waals surface area contributed by atoms with E-state index in [1.807, 2.05) is 12.1 Å². The molecule has 0 fully saturated rings. The zero-order valence-electron chi connectivity index (χ0n) is 10.7. The Hall–Kier alpha value is -2.12. The first-order valence-electron chi connectivity index (χ1n) is 5.95. The van der Waals surface area contributed by atoms with Crippen molar-refractivity contribution in [1.29, 1.82) is 0 Å². The summed E-state index contributed by atoms with van der Waals surface area (Å²) < 4.78 is 2.28. The van der Waals surface area contributed by atoms with E-state index in [-0.39, 0.29) is 0 Å². The minimum atomic E-state index is 0.525. The molecule has 0 saturated carbocycles. The van der Waals surface area contributed by atoms with Crippen LogP contribution in [0.25, 0.3) is 17.1 Å². The van der Waals surface area contributed by atoms with Gasteiger partial charge >= 0.3 is 0 Å². The van der Waals surface area contributed by atoms with E-state index < -0.39 is 0 Å². The van der Waals surface area contributed by atoms with Gasteiger partial charge in [-0.25, -0.2) is 0 Å². The molecular weight excluding hydrogens is 356 g/mol. The zero-order valence-corrected chi connectivity index (χ0v) is 13.0. The Morgan fingerprint density at radius 2 is 1.81 bits per heavy atom. The van der Waals surface area contributed by atoms with Gasteiger partial charge in [0.2, 0.25) is 0 Å². The van der Waals surface area contributed by atoms with E-state index in [0.29, 0.717) is 26.7 Å². The average molecular weight is 366 g/mol. The molecule has 0 aliphatic carbocycles. The molecule has 1 heterocycles. The highest BCUT2D eigenvalue weighted by molar-refractivity contribution is 9.10. The van der Waals surface area contributed by atoms with Crippen LogP contribution in [0.5, 0.6) is 0 Å². The molecule has 0 radical (unpaired) electrons. The predicted octanol–water partition coefficient (Wildman–Crippen LogP) is 2.91. The fourth-order valence-electron chi connectivity index (χ4n) is 1.99. The molecule has 21 heavy (non-hydrogen) atoms. The van der Waals surface area contributed by atoms with Crippen molar-refractivity contribution >= 4 is 38.9 Å². The Labute approximate surface area is 133 Å². The molecule has 0 unspecified atom stereocenters. The molecule has 2 aromatic carbocycles. The fraction of sp³-hybridized carbons (Fsp3) is 0. The number of nitrogen functional groups attached to an aromatic ring is 2. The topological polar surface area (TPSA) is 95.6 Å². The van der Waals surface area contributed by atoms with Crippen molar-refractivity contribution in [3.05, 3.63) is 45.9 Å². The van der Waals surface area contributed by atoms with E-state index >= 15 is 0 Å². The quantitative estimate of drug-likeness (QED) is 0.681. The van der Waals surface area contributed by atoms with Crippen molar-refractivity contribution in [3.8, 4) is 17.1 Å². The van der Waals surface area contributed by atoms with Crippen LogP contribution in [0.4, 0.5) is 11.4 Å². The van der Waals surface area contributed by atoms with Gasteiger partial charge in [0.15, 0.2) is 5.82 Å². The summed E-state index contributed by atoms with van der Waals surface area (Å²) in [4.78, 5) is 0. The van der Waals surface area contributed by atoms with Gasteiger partial charge in [0.05, 0.1) is 15.2 Å². The van der Waals surface area contributed by atoms with Gasteiger partial charge in [0, 0.05) is 16.9 Å². The van der Waals surface area contributed by atoms with Gasteiger partial charge in [-0.05, 0) is 56.7 Å². The summed E-state index contributed by atoms with van der Waals surface area (Å²) in [6, 6.07) is 10.6. The number of anilines is 2. The zero-order chi connectivity index (χ0) is 15.0. The van der Waals surface area contributed by atoms with Gasteiger partial charge in [0.1, 0.15) is 0 Å². The lowest BCUT2D eigenvalue weighted by molar-refractivity contribution is 0.789. The molecule has 1 aromatic heterocycles. The molecule has 0 saturated heterocycles. The van der Waals surface area contributed by atoms with Crippen molar-refractivity contribution < 1.29 is 0 Å². The van der Waals surface area contributed by atoms with Crippen LogP contribution in [0.15, 0.2) is 40.9 Å². The van der Waals surface area contributed by atoms with E-state index in [4.69, 9.17) is 23.1 Å². The molecule has 106 valence electrons. The minimum absolute atomic E-state index is 0.525. The van der Waals surface area contributed by atoms with Gasteiger partial charge in [-0.3, -0.25) is 0 Å². The third-order valence-electron chi connectivity index (χ3n) is 2.86. The summed E-state index contributed by atoms with van der Waals surface area (Å²) in [5.41, 5.74) is 14.2. The Balaban J connectivity index is 2.19. The van der Waals surface area contributed by atoms with Gasteiger partial charge in [-0.1, -0.05) is 17.7 Å². The highest BCUT2D eigenvalue weighted by atomic mass is 79.9. The number of nitrogens with two attached hydrogens (primary N) is 2. The number of hydrogen-bond donors (Lipinski definition) is 2. The van der Waals surface area contributed by atoms with Crippen LogP contribution < -0.4 is 11.5 Å². The largest absolute Gasteiger partial charge is 0.399 e. The monoisotopic (exact) mass is 364 g/mol. The first-order valence-corrected chi connectivity index (χ1v) is 7.12. The molecule has 3 rings (SSSR count).